The number of carbonyl (C=O) groups is 1. The van der Waals surface area contributed by atoms with Crippen molar-refractivity contribution in [1.82, 2.24) is 14.8 Å². The fourth-order valence-corrected chi connectivity index (χ4v) is 4.63. The number of aromatic nitrogens is 1. The molecule has 1 aliphatic heterocycles. The second kappa shape index (κ2) is 8.47. The minimum absolute atomic E-state index is 0.0552. The van der Waals surface area contributed by atoms with Gasteiger partial charge in [-0.2, -0.15) is 0 Å². The highest BCUT2D eigenvalue weighted by Gasteiger charge is 2.24. The van der Waals surface area contributed by atoms with Gasteiger partial charge in [0.15, 0.2) is 0 Å². The van der Waals surface area contributed by atoms with Gasteiger partial charge < -0.3 is 9.80 Å². The predicted molar refractivity (Wildman–Crippen MR) is 116 cm³/mol. The van der Waals surface area contributed by atoms with Gasteiger partial charge in [-0.15, -0.1) is 11.3 Å². The number of hydrogen-bond donors (Lipinski definition) is 0. The number of benzene rings is 2. The topological polar surface area (TPSA) is 39.7 Å². The first-order valence-electron chi connectivity index (χ1n) is 9.85. The van der Waals surface area contributed by atoms with Crippen LogP contribution in [0.3, 0.4) is 0 Å². The molecule has 2 heterocycles. The highest BCUT2D eigenvalue weighted by molar-refractivity contribution is 7.18. The number of fused-ring (bicyclic) bond motifs is 1. The second-order valence-corrected chi connectivity index (χ2v) is 8.50. The smallest absolute Gasteiger partial charge is 0.237 e. The third-order valence-corrected chi connectivity index (χ3v) is 6.77. The Morgan fingerprint density at radius 1 is 1.14 bits per heavy atom. The van der Waals surface area contributed by atoms with Gasteiger partial charge in [-0.25, -0.2) is 9.37 Å². The van der Waals surface area contributed by atoms with E-state index in [2.05, 4.69) is 15.9 Å². The first kappa shape index (κ1) is 19.8. The average Bonchev–Trinajstić information content (AvgIpc) is 3.18. The Labute approximate surface area is 174 Å². The van der Waals surface area contributed by atoms with Crippen molar-refractivity contribution >= 4 is 33.1 Å². The van der Waals surface area contributed by atoms with E-state index in [1.165, 1.54) is 12.1 Å². The quantitative estimate of drug-likeness (QED) is 0.640. The highest BCUT2D eigenvalue weighted by atomic mass is 32.1. The van der Waals surface area contributed by atoms with Gasteiger partial charge in [0.25, 0.3) is 0 Å². The zero-order valence-electron chi connectivity index (χ0n) is 16.7. The summed E-state index contributed by atoms with van der Waals surface area (Å²) in [4.78, 5) is 23.7. The lowest BCUT2D eigenvalue weighted by Crippen LogP contribution is -2.50. The molecule has 29 heavy (non-hydrogen) atoms. The number of thiazole rings is 1. The molecule has 0 N–H and O–H groups in total. The molecule has 152 valence electrons. The lowest BCUT2D eigenvalue weighted by molar-refractivity contribution is -0.133. The average molecular weight is 413 g/mol. The van der Waals surface area contributed by atoms with E-state index in [1.807, 2.05) is 44.3 Å². The molecule has 5 nitrogen and oxygen atoms in total. The summed E-state index contributed by atoms with van der Waals surface area (Å²) in [6.45, 7) is 5.72. The van der Waals surface area contributed by atoms with Crippen LogP contribution in [0.5, 0.6) is 0 Å². The number of piperazine rings is 1. The molecule has 3 aromatic rings. The van der Waals surface area contributed by atoms with Crippen LogP contribution in [0.2, 0.25) is 0 Å². The summed E-state index contributed by atoms with van der Waals surface area (Å²) >= 11 is 1.64. The minimum Gasteiger partial charge on any atom is -0.369 e. The number of amides is 1. The van der Waals surface area contributed by atoms with Crippen molar-refractivity contribution in [2.24, 2.45) is 0 Å². The number of rotatable bonds is 5. The van der Waals surface area contributed by atoms with Crippen LogP contribution in [0, 0.1) is 5.82 Å². The van der Waals surface area contributed by atoms with Gasteiger partial charge in [0.1, 0.15) is 10.8 Å². The van der Waals surface area contributed by atoms with Crippen LogP contribution >= 0.6 is 11.3 Å². The van der Waals surface area contributed by atoms with Gasteiger partial charge in [0.2, 0.25) is 5.91 Å². The van der Waals surface area contributed by atoms with E-state index in [0.717, 1.165) is 47.1 Å². The number of para-hydroxylation sites is 1. The van der Waals surface area contributed by atoms with Crippen LogP contribution in [0.15, 0.2) is 48.5 Å². The summed E-state index contributed by atoms with van der Waals surface area (Å²) in [6.07, 6.45) is 0. The molecule has 0 saturated carbocycles. The molecular weight excluding hydrogens is 387 g/mol. The Bertz CT molecular complexity index is 949. The summed E-state index contributed by atoms with van der Waals surface area (Å²) in [5.41, 5.74) is 2.01. The largest absolute Gasteiger partial charge is 0.369 e. The van der Waals surface area contributed by atoms with E-state index < -0.39 is 0 Å². The van der Waals surface area contributed by atoms with Crippen LogP contribution in [-0.2, 0) is 4.79 Å². The molecule has 0 bridgehead atoms. The minimum atomic E-state index is -0.219. The monoisotopic (exact) mass is 412 g/mol. The molecule has 1 atom stereocenters. The molecule has 1 fully saturated rings. The summed E-state index contributed by atoms with van der Waals surface area (Å²) < 4.78 is 14.3. The molecule has 1 aromatic heterocycles. The highest BCUT2D eigenvalue weighted by Crippen LogP contribution is 2.29. The second-order valence-electron chi connectivity index (χ2n) is 7.44. The Kier molecular flexibility index (Phi) is 5.78. The van der Waals surface area contributed by atoms with E-state index in [0.29, 0.717) is 6.54 Å². The van der Waals surface area contributed by atoms with Crippen molar-refractivity contribution in [3.05, 3.63) is 59.4 Å². The zero-order valence-corrected chi connectivity index (χ0v) is 17.5. The van der Waals surface area contributed by atoms with Crippen molar-refractivity contribution in [2.75, 3.05) is 44.7 Å². The molecule has 4 rings (SSSR count). The van der Waals surface area contributed by atoms with Crippen molar-refractivity contribution in [3.8, 4) is 0 Å². The Morgan fingerprint density at radius 2 is 1.83 bits per heavy atom. The van der Waals surface area contributed by atoms with E-state index in [9.17, 15) is 9.18 Å². The van der Waals surface area contributed by atoms with Gasteiger partial charge in [0.05, 0.1) is 22.8 Å². The van der Waals surface area contributed by atoms with Crippen LogP contribution in [-0.4, -0.2) is 60.5 Å². The summed E-state index contributed by atoms with van der Waals surface area (Å²) in [5.74, 6) is -0.116. The first-order valence-corrected chi connectivity index (χ1v) is 10.7. The summed E-state index contributed by atoms with van der Waals surface area (Å²) in [6, 6.07) is 14.6. The molecule has 0 spiro atoms. The Morgan fingerprint density at radius 3 is 2.52 bits per heavy atom. The molecule has 0 unspecified atom stereocenters. The number of halogens is 1. The summed E-state index contributed by atoms with van der Waals surface area (Å²) in [7, 11) is 1.85. The molecule has 0 aliphatic carbocycles. The number of likely N-dealkylation sites (N-methyl/N-ethyl adjacent to an activating group) is 1. The van der Waals surface area contributed by atoms with Crippen molar-refractivity contribution in [2.45, 2.75) is 13.0 Å². The maximum Gasteiger partial charge on any atom is 0.237 e. The molecule has 1 amide bonds. The van der Waals surface area contributed by atoms with Crippen LogP contribution in [0.25, 0.3) is 10.2 Å². The van der Waals surface area contributed by atoms with Gasteiger partial charge in [-0.1, -0.05) is 12.1 Å². The Hall–Kier alpha value is -2.51. The molecule has 2 aromatic carbocycles. The van der Waals surface area contributed by atoms with Crippen LogP contribution in [0.1, 0.15) is 18.0 Å². The number of anilines is 1. The normalized spacial score (nSPS) is 16.2. The third kappa shape index (κ3) is 4.41. The number of nitrogens with zero attached hydrogens (tertiary/aromatic N) is 4. The maximum atomic E-state index is 13.1. The van der Waals surface area contributed by atoms with Gasteiger partial charge in [-0.05, 0) is 43.3 Å². The molecular formula is C22H25FN4OS. The van der Waals surface area contributed by atoms with E-state index >= 15 is 0 Å². The third-order valence-electron chi connectivity index (χ3n) is 5.57. The lowest BCUT2D eigenvalue weighted by Gasteiger charge is -2.36. The number of hydrogen-bond acceptors (Lipinski definition) is 5. The fourth-order valence-electron chi connectivity index (χ4n) is 3.57. The molecule has 7 heteroatoms. The van der Waals surface area contributed by atoms with E-state index in [4.69, 9.17) is 4.98 Å². The van der Waals surface area contributed by atoms with E-state index in [1.54, 1.807) is 16.2 Å². The zero-order chi connectivity index (χ0) is 20.4. The maximum absolute atomic E-state index is 13.1. The Balaban J connectivity index is 1.32. The first-order chi connectivity index (χ1) is 14.0. The van der Waals surface area contributed by atoms with Crippen molar-refractivity contribution < 1.29 is 9.18 Å². The molecule has 1 saturated heterocycles. The van der Waals surface area contributed by atoms with E-state index in [-0.39, 0.29) is 17.8 Å². The SMILES string of the molecule is C[C@H](c1nc2ccccc2s1)N(C)C(=O)CN1CCN(c2ccc(F)cc2)CC1. The predicted octanol–water partition coefficient (Wildman–Crippen LogP) is 3.78. The van der Waals surface area contributed by atoms with Gasteiger partial charge in [0, 0.05) is 38.9 Å². The van der Waals surface area contributed by atoms with Crippen LogP contribution < -0.4 is 4.90 Å². The van der Waals surface area contributed by atoms with Crippen LogP contribution in [0.4, 0.5) is 10.1 Å². The standard InChI is InChI=1S/C22H25FN4OS/c1-16(22-24-19-5-3-4-6-20(19)29-22)25(2)21(28)15-26-11-13-27(14-12-26)18-9-7-17(23)8-10-18/h3-10,16H,11-15H2,1-2H3/t16-/m1/s1. The van der Waals surface area contributed by atoms with Crippen molar-refractivity contribution in [3.63, 3.8) is 0 Å². The lowest BCUT2D eigenvalue weighted by atomic mass is 10.2. The molecule has 0 radical (unpaired) electrons. The van der Waals surface area contributed by atoms with Gasteiger partial charge in [-0.3, -0.25) is 9.69 Å². The number of carbonyl (C=O) groups excluding carboxylic acids is 1. The van der Waals surface area contributed by atoms with Gasteiger partial charge >= 0.3 is 0 Å². The molecule has 1 aliphatic rings. The van der Waals surface area contributed by atoms with Crippen molar-refractivity contribution in [1.29, 1.82) is 0 Å². The summed E-state index contributed by atoms with van der Waals surface area (Å²) in [5, 5.41) is 0.961. The fraction of sp³-hybridized carbons (Fsp3) is 0.364.